The van der Waals surface area contributed by atoms with Gasteiger partial charge in [-0.1, -0.05) is 22.8 Å². The summed E-state index contributed by atoms with van der Waals surface area (Å²) in [6.07, 6.45) is 2.31. The highest BCUT2D eigenvalue weighted by Gasteiger charge is 2.43. The van der Waals surface area contributed by atoms with Crippen molar-refractivity contribution in [2.24, 2.45) is 11.8 Å². The monoisotopic (exact) mass is 443 g/mol. The number of ether oxygens (including phenoxy) is 1. The van der Waals surface area contributed by atoms with Crippen molar-refractivity contribution in [3.05, 3.63) is 35.1 Å². The van der Waals surface area contributed by atoms with Gasteiger partial charge in [-0.05, 0) is 63.6 Å². The minimum atomic E-state index is 0.108. The molecule has 2 aromatic heterocycles. The maximum absolute atomic E-state index is 6.09. The molecule has 2 bridgehead atoms. The molecule has 1 aliphatic carbocycles. The van der Waals surface area contributed by atoms with Gasteiger partial charge in [-0.3, -0.25) is 0 Å². The maximum Gasteiger partial charge on any atom is 0.324 e. The van der Waals surface area contributed by atoms with Crippen LogP contribution in [0, 0.1) is 18.8 Å². The van der Waals surface area contributed by atoms with Crippen LogP contribution < -0.4 is 15.0 Å². The molecular formula is C21H26ClN7O2. The first-order chi connectivity index (χ1) is 15.0. The van der Waals surface area contributed by atoms with Crippen molar-refractivity contribution >= 4 is 23.6 Å². The van der Waals surface area contributed by atoms with Crippen LogP contribution in [-0.2, 0) is 0 Å². The summed E-state index contributed by atoms with van der Waals surface area (Å²) in [5, 5.41) is 12.8. The van der Waals surface area contributed by atoms with Gasteiger partial charge >= 0.3 is 12.0 Å². The number of benzene rings is 1. The van der Waals surface area contributed by atoms with E-state index in [0.29, 0.717) is 52.4 Å². The van der Waals surface area contributed by atoms with Crippen molar-refractivity contribution in [1.82, 2.24) is 24.9 Å². The summed E-state index contributed by atoms with van der Waals surface area (Å²) in [7, 11) is 0. The fraction of sp³-hybridized carbons (Fsp3) is 0.524. The van der Waals surface area contributed by atoms with Crippen molar-refractivity contribution in [2.45, 2.75) is 45.7 Å². The normalized spacial score (nSPS) is 22.9. The first-order valence-corrected chi connectivity index (χ1v) is 11.1. The second kappa shape index (κ2) is 8.03. The average Bonchev–Trinajstić information content (AvgIpc) is 3.39. The van der Waals surface area contributed by atoms with Crippen molar-refractivity contribution in [3.8, 4) is 11.8 Å². The van der Waals surface area contributed by atoms with Crippen LogP contribution in [0.25, 0.3) is 0 Å². The van der Waals surface area contributed by atoms with E-state index in [4.69, 9.17) is 20.9 Å². The van der Waals surface area contributed by atoms with Crippen LogP contribution in [0.15, 0.2) is 28.8 Å². The molecule has 1 saturated heterocycles. The smallest absolute Gasteiger partial charge is 0.324 e. The van der Waals surface area contributed by atoms with Gasteiger partial charge in [0, 0.05) is 24.2 Å². The molecule has 1 aliphatic heterocycles. The molecule has 1 saturated carbocycles. The number of hydrogen-bond acceptors (Lipinski definition) is 8. The largest absolute Gasteiger partial charge is 0.424 e. The molecule has 0 spiro atoms. The predicted octanol–water partition coefficient (Wildman–Crippen LogP) is 4.32. The van der Waals surface area contributed by atoms with Gasteiger partial charge in [0.2, 0.25) is 5.95 Å². The molecule has 31 heavy (non-hydrogen) atoms. The highest BCUT2D eigenvalue weighted by molar-refractivity contribution is 6.30. The summed E-state index contributed by atoms with van der Waals surface area (Å²) in [4.78, 5) is 11.2. The number of fused-ring (bicyclic) bond motifs is 2. The predicted molar refractivity (Wildman–Crippen MR) is 117 cm³/mol. The van der Waals surface area contributed by atoms with E-state index in [9.17, 15) is 0 Å². The highest BCUT2D eigenvalue weighted by Crippen LogP contribution is 2.40. The average molecular weight is 444 g/mol. The van der Waals surface area contributed by atoms with Gasteiger partial charge in [0.1, 0.15) is 5.75 Å². The Morgan fingerprint density at radius 3 is 2.61 bits per heavy atom. The third-order valence-corrected chi connectivity index (χ3v) is 6.25. The number of halogens is 1. The molecule has 3 aromatic rings. The fourth-order valence-corrected chi connectivity index (χ4v) is 4.77. The molecule has 164 valence electrons. The molecule has 2 aliphatic rings. The maximum atomic E-state index is 6.09. The van der Waals surface area contributed by atoms with Crippen LogP contribution in [0.1, 0.15) is 38.6 Å². The number of anilines is 2. The van der Waals surface area contributed by atoms with Crippen LogP contribution in [-0.4, -0.2) is 44.0 Å². The number of aromatic nitrogens is 5. The second-order valence-corrected chi connectivity index (χ2v) is 9.05. The van der Waals surface area contributed by atoms with E-state index < -0.39 is 0 Å². The number of nitrogens with one attached hydrogen (secondary N) is 1. The van der Waals surface area contributed by atoms with Crippen molar-refractivity contribution in [3.63, 3.8) is 0 Å². The zero-order valence-corrected chi connectivity index (χ0v) is 18.6. The SMILES string of the molecule is Cc1noc(N2C[C@H]3CC[C@@H](C2)C3Nc2nc(Oc3cccc(Cl)c3)n(C(C)C)n2)n1. The standard InChI is InChI=1S/C21H26ClN7O2/c1-12(2)29-21(30-17-6-4-5-16(22)9-17)25-19(26-29)24-18-14-7-8-15(18)11-28(10-14)20-23-13(3)27-31-20/h4-6,9,12,14-15,18H,7-8,10-11H2,1-3H3,(H,24,26)/t14-,15+,18?. The topological polar surface area (TPSA) is 94.1 Å². The van der Waals surface area contributed by atoms with Gasteiger partial charge in [-0.2, -0.15) is 9.97 Å². The quantitative estimate of drug-likeness (QED) is 0.601. The van der Waals surface area contributed by atoms with Gasteiger partial charge < -0.3 is 19.5 Å². The molecular weight excluding hydrogens is 418 g/mol. The number of nitrogens with zero attached hydrogens (tertiary/aromatic N) is 6. The number of rotatable bonds is 6. The molecule has 1 unspecified atom stereocenters. The van der Waals surface area contributed by atoms with Gasteiger partial charge in [0.25, 0.3) is 0 Å². The molecule has 2 fully saturated rings. The molecule has 3 atom stereocenters. The Labute approximate surface area is 185 Å². The van der Waals surface area contributed by atoms with Gasteiger partial charge in [0.15, 0.2) is 5.82 Å². The summed E-state index contributed by atoms with van der Waals surface area (Å²) < 4.78 is 13.2. The van der Waals surface area contributed by atoms with E-state index in [1.807, 2.05) is 25.1 Å². The molecule has 0 radical (unpaired) electrons. The van der Waals surface area contributed by atoms with E-state index >= 15 is 0 Å². The molecule has 10 heteroatoms. The van der Waals surface area contributed by atoms with Crippen molar-refractivity contribution < 1.29 is 9.26 Å². The summed E-state index contributed by atoms with van der Waals surface area (Å²) in [6, 6.07) is 8.77. The Hall–Kier alpha value is -2.81. The molecule has 1 N–H and O–H groups in total. The lowest BCUT2D eigenvalue weighted by Crippen LogP contribution is -2.48. The minimum Gasteiger partial charge on any atom is -0.424 e. The lowest BCUT2D eigenvalue weighted by Gasteiger charge is -2.37. The molecule has 9 nitrogen and oxygen atoms in total. The Bertz CT molecular complexity index is 1050. The third kappa shape index (κ3) is 4.06. The van der Waals surface area contributed by atoms with Crippen LogP contribution in [0.2, 0.25) is 5.02 Å². The molecule has 1 aromatic carbocycles. The second-order valence-electron chi connectivity index (χ2n) is 8.61. The summed E-state index contributed by atoms with van der Waals surface area (Å²) >= 11 is 6.09. The van der Waals surface area contributed by atoms with E-state index in [-0.39, 0.29) is 6.04 Å². The van der Waals surface area contributed by atoms with Crippen LogP contribution in [0.3, 0.4) is 0 Å². The number of aryl methyl sites for hydroxylation is 1. The number of piperidine rings is 1. The van der Waals surface area contributed by atoms with Crippen molar-refractivity contribution in [1.29, 1.82) is 0 Å². The van der Waals surface area contributed by atoms with Gasteiger partial charge in [-0.25, -0.2) is 4.68 Å². The van der Waals surface area contributed by atoms with E-state index in [2.05, 4.69) is 44.3 Å². The summed E-state index contributed by atoms with van der Waals surface area (Å²) in [5.41, 5.74) is 0. The van der Waals surface area contributed by atoms with Gasteiger partial charge in [-0.15, -0.1) is 5.10 Å². The Morgan fingerprint density at radius 1 is 1.19 bits per heavy atom. The van der Waals surface area contributed by atoms with E-state index in [0.717, 1.165) is 25.9 Å². The Morgan fingerprint density at radius 2 is 1.97 bits per heavy atom. The fourth-order valence-electron chi connectivity index (χ4n) is 4.59. The number of hydrogen-bond donors (Lipinski definition) is 1. The van der Waals surface area contributed by atoms with E-state index in [1.165, 1.54) is 0 Å². The van der Waals surface area contributed by atoms with Crippen molar-refractivity contribution in [2.75, 3.05) is 23.3 Å². The lowest BCUT2D eigenvalue weighted by atomic mass is 9.92. The molecule has 3 heterocycles. The lowest BCUT2D eigenvalue weighted by molar-refractivity contribution is 0.340. The van der Waals surface area contributed by atoms with Crippen LogP contribution in [0.4, 0.5) is 12.0 Å². The Balaban J connectivity index is 1.32. The third-order valence-electron chi connectivity index (χ3n) is 6.01. The van der Waals surface area contributed by atoms with Crippen LogP contribution in [0.5, 0.6) is 11.8 Å². The minimum absolute atomic E-state index is 0.108. The van der Waals surface area contributed by atoms with Crippen LogP contribution >= 0.6 is 11.6 Å². The first kappa shape index (κ1) is 20.1. The molecule has 5 rings (SSSR count). The van der Waals surface area contributed by atoms with E-state index in [1.54, 1.807) is 10.7 Å². The first-order valence-electron chi connectivity index (χ1n) is 10.7. The zero-order chi connectivity index (χ0) is 21.5. The zero-order valence-electron chi connectivity index (χ0n) is 17.8. The highest BCUT2D eigenvalue weighted by atomic mass is 35.5. The summed E-state index contributed by atoms with van der Waals surface area (Å²) in [6.45, 7) is 7.71. The summed E-state index contributed by atoms with van der Waals surface area (Å²) in [5.74, 6) is 2.83. The molecule has 0 amide bonds. The van der Waals surface area contributed by atoms with Gasteiger partial charge in [0.05, 0.1) is 6.04 Å². The Kier molecular flexibility index (Phi) is 5.21.